The average Bonchev–Trinajstić information content (AvgIpc) is 2.63. The van der Waals surface area contributed by atoms with Gasteiger partial charge in [-0.15, -0.1) is 0 Å². The van der Waals surface area contributed by atoms with E-state index in [2.05, 4.69) is 10.3 Å². The molecule has 5 nitrogen and oxygen atoms in total. The van der Waals surface area contributed by atoms with Crippen LogP contribution in [0.3, 0.4) is 0 Å². The van der Waals surface area contributed by atoms with Gasteiger partial charge in [-0.25, -0.2) is 4.39 Å². The highest BCUT2D eigenvalue weighted by Crippen LogP contribution is 2.36. The first-order valence-electron chi connectivity index (χ1n) is 8.15. The summed E-state index contributed by atoms with van der Waals surface area (Å²) in [5.41, 5.74) is 6.64. The van der Waals surface area contributed by atoms with Gasteiger partial charge in [0.2, 0.25) is 0 Å². The molecule has 1 amide bonds. The van der Waals surface area contributed by atoms with Crippen molar-refractivity contribution in [2.75, 3.05) is 18.2 Å². The van der Waals surface area contributed by atoms with Crippen LogP contribution in [0.25, 0.3) is 0 Å². The molecule has 1 aliphatic rings. The topological polar surface area (TPSA) is 76.7 Å². The smallest absolute Gasteiger partial charge is 0.255 e. The SMILES string of the molecule is COc1cccc(C(=O)Nc2cc(C3(C)CCSC(N)=N3)ccc2F)c1. The highest BCUT2D eigenvalue weighted by Gasteiger charge is 2.30. The van der Waals surface area contributed by atoms with E-state index >= 15 is 0 Å². The van der Waals surface area contributed by atoms with Gasteiger partial charge in [0.05, 0.1) is 18.3 Å². The Bertz CT molecular complexity index is 872. The summed E-state index contributed by atoms with van der Waals surface area (Å²) in [4.78, 5) is 17.0. The number of benzene rings is 2. The Labute approximate surface area is 155 Å². The normalized spacial score (nSPS) is 19.6. The number of methoxy groups -OCH3 is 1. The van der Waals surface area contributed by atoms with Crippen molar-refractivity contribution in [3.05, 3.63) is 59.4 Å². The predicted octanol–water partition coefficient (Wildman–Crippen LogP) is 3.75. The second kappa shape index (κ2) is 7.37. The van der Waals surface area contributed by atoms with Gasteiger partial charge in [0, 0.05) is 11.3 Å². The first-order chi connectivity index (χ1) is 12.4. The van der Waals surface area contributed by atoms with Crippen LogP contribution in [-0.2, 0) is 5.54 Å². The fraction of sp³-hybridized carbons (Fsp3) is 0.263. The van der Waals surface area contributed by atoms with E-state index in [1.807, 2.05) is 6.92 Å². The molecule has 1 aliphatic heterocycles. The number of nitrogens with one attached hydrogen (secondary N) is 1. The van der Waals surface area contributed by atoms with Crippen LogP contribution in [0, 0.1) is 5.82 Å². The summed E-state index contributed by atoms with van der Waals surface area (Å²) in [6.45, 7) is 1.96. The summed E-state index contributed by atoms with van der Waals surface area (Å²) < 4.78 is 19.4. The van der Waals surface area contributed by atoms with E-state index in [0.29, 0.717) is 16.5 Å². The highest BCUT2D eigenvalue weighted by molar-refractivity contribution is 8.13. The number of nitrogens with zero attached hydrogens (tertiary/aromatic N) is 1. The molecule has 2 aromatic carbocycles. The van der Waals surface area contributed by atoms with E-state index in [1.165, 1.54) is 24.9 Å². The van der Waals surface area contributed by atoms with Gasteiger partial charge >= 0.3 is 0 Å². The summed E-state index contributed by atoms with van der Waals surface area (Å²) >= 11 is 1.51. The third kappa shape index (κ3) is 3.83. The van der Waals surface area contributed by atoms with E-state index in [1.54, 1.807) is 36.4 Å². The number of amidine groups is 1. The number of anilines is 1. The van der Waals surface area contributed by atoms with Gasteiger partial charge in [-0.2, -0.15) is 0 Å². The number of amides is 1. The highest BCUT2D eigenvalue weighted by atomic mass is 32.2. The van der Waals surface area contributed by atoms with Crippen LogP contribution in [0.4, 0.5) is 10.1 Å². The lowest BCUT2D eigenvalue weighted by Gasteiger charge is -2.30. The number of carbonyl (C=O) groups excluding carboxylic acids is 1. The Morgan fingerprint density at radius 2 is 2.15 bits per heavy atom. The number of hydrogen-bond donors (Lipinski definition) is 2. The van der Waals surface area contributed by atoms with Crippen molar-refractivity contribution in [1.29, 1.82) is 0 Å². The summed E-state index contributed by atoms with van der Waals surface area (Å²) in [6, 6.07) is 11.3. The zero-order valence-corrected chi connectivity index (χ0v) is 15.4. The van der Waals surface area contributed by atoms with Crippen LogP contribution in [0.5, 0.6) is 5.75 Å². The van der Waals surface area contributed by atoms with E-state index < -0.39 is 17.3 Å². The molecule has 0 fully saturated rings. The largest absolute Gasteiger partial charge is 0.497 e. The molecule has 0 bridgehead atoms. The van der Waals surface area contributed by atoms with Crippen LogP contribution < -0.4 is 15.8 Å². The van der Waals surface area contributed by atoms with Gasteiger partial charge in [0.15, 0.2) is 5.17 Å². The fourth-order valence-corrected chi connectivity index (χ4v) is 3.78. The molecule has 1 unspecified atom stereocenters. The van der Waals surface area contributed by atoms with Gasteiger partial charge in [0.25, 0.3) is 5.91 Å². The lowest BCUT2D eigenvalue weighted by Crippen LogP contribution is -2.29. The molecule has 1 heterocycles. The Balaban J connectivity index is 1.88. The number of carbonyl (C=O) groups is 1. The van der Waals surface area contributed by atoms with Crippen LogP contribution in [0.15, 0.2) is 47.5 Å². The number of aliphatic imine (C=N–C) groups is 1. The van der Waals surface area contributed by atoms with Crippen LogP contribution in [0.1, 0.15) is 29.3 Å². The number of ether oxygens (including phenoxy) is 1. The molecular weight excluding hydrogens is 353 g/mol. The van der Waals surface area contributed by atoms with Gasteiger partial charge in [-0.1, -0.05) is 23.9 Å². The molecule has 0 saturated carbocycles. The molecule has 0 aromatic heterocycles. The number of rotatable bonds is 4. The Hall–Kier alpha value is -2.54. The second-order valence-corrected chi connectivity index (χ2v) is 7.32. The molecule has 3 N–H and O–H groups in total. The van der Waals surface area contributed by atoms with Crippen LogP contribution in [-0.4, -0.2) is 23.9 Å². The molecule has 3 rings (SSSR count). The summed E-state index contributed by atoms with van der Waals surface area (Å²) in [7, 11) is 1.52. The zero-order chi connectivity index (χ0) is 18.7. The van der Waals surface area contributed by atoms with Gasteiger partial charge in [0.1, 0.15) is 11.6 Å². The van der Waals surface area contributed by atoms with Crippen molar-refractivity contribution in [2.45, 2.75) is 18.9 Å². The Morgan fingerprint density at radius 3 is 2.88 bits per heavy atom. The van der Waals surface area contributed by atoms with Gasteiger partial charge in [-0.05, 0) is 49.2 Å². The quantitative estimate of drug-likeness (QED) is 0.856. The number of nitrogens with two attached hydrogens (primary N) is 1. The van der Waals surface area contributed by atoms with E-state index in [-0.39, 0.29) is 5.69 Å². The summed E-state index contributed by atoms with van der Waals surface area (Å²) in [5.74, 6) is 0.487. The molecule has 0 radical (unpaired) electrons. The second-order valence-electron chi connectivity index (χ2n) is 6.20. The lowest BCUT2D eigenvalue weighted by atomic mass is 9.89. The Morgan fingerprint density at radius 1 is 1.35 bits per heavy atom. The fourth-order valence-electron chi connectivity index (χ4n) is 2.81. The number of thioether (sulfide) groups is 1. The average molecular weight is 373 g/mol. The minimum atomic E-state index is -0.529. The van der Waals surface area contributed by atoms with Crippen molar-refractivity contribution < 1.29 is 13.9 Å². The monoisotopic (exact) mass is 373 g/mol. The third-order valence-corrected chi connectivity index (χ3v) is 5.16. The van der Waals surface area contributed by atoms with Crippen molar-refractivity contribution in [3.63, 3.8) is 0 Å². The molecule has 0 saturated heterocycles. The number of hydrogen-bond acceptors (Lipinski definition) is 5. The molecule has 0 spiro atoms. The molecule has 2 aromatic rings. The minimum Gasteiger partial charge on any atom is -0.497 e. The lowest BCUT2D eigenvalue weighted by molar-refractivity contribution is 0.102. The van der Waals surface area contributed by atoms with Crippen molar-refractivity contribution in [3.8, 4) is 5.75 Å². The maximum Gasteiger partial charge on any atom is 0.255 e. The summed E-state index contributed by atoms with van der Waals surface area (Å²) in [6.07, 6.45) is 0.785. The third-order valence-electron chi connectivity index (χ3n) is 4.36. The first-order valence-corrected chi connectivity index (χ1v) is 9.13. The molecular formula is C19H20FN3O2S. The molecule has 136 valence electrons. The molecule has 1 atom stereocenters. The molecule has 0 aliphatic carbocycles. The van der Waals surface area contributed by atoms with Gasteiger partial charge in [-0.3, -0.25) is 9.79 Å². The minimum absolute atomic E-state index is 0.114. The Kier molecular flexibility index (Phi) is 5.18. The molecule has 26 heavy (non-hydrogen) atoms. The first kappa shape index (κ1) is 18.3. The zero-order valence-electron chi connectivity index (χ0n) is 14.6. The van der Waals surface area contributed by atoms with E-state index in [4.69, 9.17) is 10.5 Å². The number of halogens is 1. The summed E-state index contributed by atoms with van der Waals surface area (Å²) in [5, 5.41) is 3.15. The van der Waals surface area contributed by atoms with Crippen molar-refractivity contribution >= 4 is 28.5 Å². The van der Waals surface area contributed by atoms with Crippen LogP contribution >= 0.6 is 11.8 Å². The van der Waals surface area contributed by atoms with Crippen LogP contribution in [0.2, 0.25) is 0 Å². The van der Waals surface area contributed by atoms with E-state index in [9.17, 15) is 9.18 Å². The van der Waals surface area contributed by atoms with Crippen molar-refractivity contribution in [1.82, 2.24) is 0 Å². The van der Waals surface area contributed by atoms with Gasteiger partial charge < -0.3 is 15.8 Å². The van der Waals surface area contributed by atoms with E-state index in [0.717, 1.165) is 17.7 Å². The van der Waals surface area contributed by atoms with Crippen molar-refractivity contribution in [2.24, 2.45) is 10.7 Å². The predicted molar refractivity (Wildman–Crippen MR) is 103 cm³/mol. The maximum atomic E-state index is 14.3. The maximum absolute atomic E-state index is 14.3. The molecule has 7 heteroatoms. The standard InChI is InChI=1S/C19H20FN3O2S/c1-19(8-9-26-18(21)23-19)13-6-7-15(20)16(11-13)22-17(24)12-4-3-5-14(10-12)25-2/h3-7,10-11H,8-9H2,1-2H3,(H2,21,23)(H,22,24).